The van der Waals surface area contributed by atoms with Gasteiger partial charge >= 0.3 is 0 Å². The Morgan fingerprint density at radius 1 is 1.14 bits per heavy atom. The first-order chi connectivity index (χ1) is 14.2. The zero-order chi connectivity index (χ0) is 20.5. The number of nitrogens with one attached hydrogen (secondary N) is 2. The van der Waals surface area contributed by atoms with E-state index >= 15 is 0 Å². The fourth-order valence-corrected chi connectivity index (χ4v) is 3.75. The largest absolute Gasteiger partial charge is 0.493 e. The molecule has 1 saturated heterocycles. The smallest absolute Gasteiger partial charge is 0.191 e. The summed E-state index contributed by atoms with van der Waals surface area (Å²) in [7, 11) is 1.83. The van der Waals surface area contributed by atoms with E-state index in [1.165, 1.54) is 51.1 Å². The summed E-state index contributed by atoms with van der Waals surface area (Å²) in [6, 6.07) is 8.30. The highest BCUT2D eigenvalue weighted by atomic mass is 16.5. The number of piperazine rings is 1. The van der Waals surface area contributed by atoms with Gasteiger partial charge in [-0.1, -0.05) is 32.0 Å². The van der Waals surface area contributed by atoms with Crippen LogP contribution in [0.4, 0.5) is 0 Å². The van der Waals surface area contributed by atoms with Crippen molar-refractivity contribution in [3.05, 3.63) is 29.8 Å². The molecule has 1 heterocycles. The summed E-state index contributed by atoms with van der Waals surface area (Å²) in [5.74, 6) is 3.18. The van der Waals surface area contributed by atoms with Crippen molar-refractivity contribution in [1.82, 2.24) is 20.4 Å². The molecular formula is C23H39N5O. The monoisotopic (exact) mass is 401 g/mol. The van der Waals surface area contributed by atoms with E-state index in [0.29, 0.717) is 12.5 Å². The Morgan fingerprint density at radius 2 is 1.86 bits per heavy atom. The van der Waals surface area contributed by atoms with Gasteiger partial charge in [-0.25, -0.2) is 0 Å². The highest BCUT2D eigenvalue weighted by Crippen LogP contribution is 2.30. The first-order valence-corrected chi connectivity index (χ1v) is 11.3. The molecule has 2 N–H and O–H groups in total. The van der Waals surface area contributed by atoms with Crippen LogP contribution in [0, 0.1) is 11.8 Å². The van der Waals surface area contributed by atoms with Gasteiger partial charge in [0.1, 0.15) is 5.75 Å². The van der Waals surface area contributed by atoms with Crippen molar-refractivity contribution in [2.75, 3.05) is 59.5 Å². The Kier molecular flexibility index (Phi) is 8.62. The van der Waals surface area contributed by atoms with Gasteiger partial charge in [0.2, 0.25) is 0 Å². The number of ether oxygens (including phenoxy) is 1. The molecule has 1 aromatic carbocycles. The second-order valence-electron chi connectivity index (χ2n) is 8.51. The molecular weight excluding hydrogens is 362 g/mol. The molecule has 3 rings (SSSR count). The number of para-hydroxylation sites is 1. The van der Waals surface area contributed by atoms with Crippen LogP contribution < -0.4 is 15.4 Å². The van der Waals surface area contributed by atoms with Gasteiger partial charge in [-0.15, -0.1) is 0 Å². The molecule has 2 aliphatic rings. The van der Waals surface area contributed by atoms with Gasteiger partial charge in [-0.3, -0.25) is 4.99 Å². The molecule has 0 aromatic heterocycles. The molecule has 1 aliphatic carbocycles. The summed E-state index contributed by atoms with van der Waals surface area (Å²) >= 11 is 0. The number of benzene rings is 1. The maximum Gasteiger partial charge on any atom is 0.191 e. The lowest BCUT2D eigenvalue weighted by molar-refractivity contribution is 0.124. The molecule has 1 unspecified atom stereocenters. The lowest BCUT2D eigenvalue weighted by atomic mass is 10.1. The summed E-state index contributed by atoms with van der Waals surface area (Å²) in [5, 5.41) is 6.93. The molecule has 1 aliphatic heterocycles. The molecule has 6 nitrogen and oxygen atoms in total. The van der Waals surface area contributed by atoms with Crippen molar-refractivity contribution in [1.29, 1.82) is 0 Å². The fourth-order valence-electron chi connectivity index (χ4n) is 3.75. The Balaban J connectivity index is 1.38. The van der Waals surface area contributed by atoms with Crippen LogP contribution in [-0.4, -0.2) is 75.2 Å². The summed E-state index contributed by atoms with van der Waals surface area (Å²) in [5.41, 5.74) is 1.18. The highest BCUT2D eigenvalue weighted by Gasteiger charge is 2.22. The summed E-state index contributed by atoms with van der Waals surface area (Å²) in [6.45, 7) is 14.1. The minimum absolute atomic E-state index is 0.580. The maximum atomic E-state index is 6.02. The molecule has 6 heteroatoms. The number of aliphatic imine (C=N–C) groups is 1. The Hall–Kier alpha value is -1.79. The molecule has 0 radical (unpaired) electrons. The first kappa shape index (κ1) is 21.9. The fraction of sp³-hybridized carbons (Fsp3) is 0.696. The van der Waals surface area contributed by atoms with E-state index in [0.717, 1.165) is 37.3 Å². The van der Waals surface area contributed by atoms with Crippen LogP contribution in [-0.2, 0) is 6.54 Å². The third-order valence-corrected chi connectivity index (χ3v) is 5.91. The van der Waals surface area contributed by atoms with E-state index in [1.54, 1.807) is 0 Å². The van der Waals surface area contributed by atoms with Crippen LogP contribution >= 0.6 is 0 Å². The Morgan fingerprint density at radius 3 is 2.55 bits per heavy atom. The van der Waals surface area contributed by atoms with Crippen molar-refractivity contribution in [3.8, 4) is 5.75 Å². The standard InChI is InChI=1S/C23H39N5O/c1-4-27-11-13-28(14-12-27)17-19(2)15-25-23(24-3)26-16-21-7-5-6-8-22(21)29-18-20-9-10-20/h5-8,19-20H,4,9-18H2,1-3H3,(H2,24,25,26). The van der Waals surface area contributed by atoms with Gasteiger partial charge in [-0.05, 0) is 37.3 Å². The van der Waals surface area contributed by atoms with Crippen molar-refractivity contribution in [2.45, 2.75) is 33.2 Å². The Labute approximate surface area is 176 Å². The van der Waals surface area contributed by atoms with Crippen LogP contribution in [0.5, 0.6) is 5.75 Å². The quantitative estimate of drug-likeness (QED) is 0.466. The van der Waals surface area contributed by atoms with E-state index in [-0.39, 0.29) is 0 Å². The van der Waals surface area contributed by atoms with E-state index < -0.39 is 0 Å². The molecule has 0 spiro atoms. The molecule has 1 aromatic rings. The number of likely N-dealkylation sites (N-methyl/N-ethyl adjacent to an activating group) is 1. The molecule has 29 heavy (non-hydrogen) atoms. The molecule has 1 saturated carbocycles. The van der Waals surface area contributed by atoms with Crippen LogP contribution in [0.2, 0.25) is 0 Å². The Bertz CT molecular complexity index is 638. The predicted octanol–water partition coefficient (Wildman–Crippen LogP) is 2.41. The lowest BCUT2D eigenvalue weighted by Crippen LogP contribution is -2.48. The van der Waals surface area contributed by atoms with E-state index in [1.807, 2.05) is 13.1 Å². The topological polar surface area (TPSA) is 52.1 Å². The van der Waals surface area contributed by atoms with Crippen LogP contribution in [0.1, 0.15) is 32.3 Å². The zero-order valence-corrected chi connectivity index (χ0v) is 18.5. The minimum Gasteiger partial charge on any atom is -0.493 e. The van der Waals surface area contributed by atoms with Crippen molar-refractivity contribution in [2.24, 2.45) is 16.8 Å². The summed E-state index contributed by atoms with van der Waals surface area (Å²) in [4.78, 5) is 9.50. The zero-order valence-electron chi connectivity index (χ0n) is 18.5. The second kappa shape index (κ2) is 11.4. The van der Waals surface area contributed by atoms with E-state index in [9.17, 15) is 0 Å². The van der Waals surface area contributed by atoms with Crippen molar-refractivity contribution >= 4 is 5.96 Å². The number of rotatable bonds is 10. The van der Waals surface area contributed by atoms with Gasteiger partial charge in [0, 0.05) is 58.4 Å². The van der Waals surface area contributed by atoms with Crippen LogP contribution in [0.3, 0.4) is 0 Å². The molecule has 2 fully saturated rings. The van der Waals surface area contributed by atoms with E-state index in [4.69, 9.17) is 4.74 Å². The number of hydrogen-bond donors (Lipinski definition) is 2. The first-order valence-electron chi connectivity index (χ1n) is 11.3. The SMILES string of the molecule is CCN1CCN(CC(C)CNC(=NC)NCc2ccccc2OCC2CC2)CC1. The van der Waals surface area contributed by atoms with Crippen LogP contribution in [0.25, 0.3) is 0 Å². The van der Waals surface area contributed by atoms with Gasteiger partial charge in [-0.2, -0.15) is 0 Å². The second-order valence-corrected chi connectivity index (χ2v) is 8.51. The summed E-state index contributed by atoms with van der Waals surface area (Å²) in [6.07, 6.45) is 2.62. The third kappa shape index (κ3) is 7.52. The number of nitrogens with zero attached hydrogens (tertiary/aromatic N) is 3. The maximum absolute atomic E-state index is 6.02. The minimum atomic E-state index is 0.580. The normalized spacial score (nSPS) is 19.8. The van der Waals surface area contributed by atoms with Gasteiger partial charge in [0.15, 0.2) is 5.96 Å². The summed E-state index contributed by atoms with van der Waals surface area (Å²) < 4.78 is 6.02. The van der Waals surface area contributed by atoms with Gasteiger partial charge in [0.05, 0.1) is 6.61 Å². The molecule has 162 valence electrons. The number of guanidine groups is 1. The van der Waals surface area contributed by atoms with Gasteiger partial charge in [0.25, 0.3) is 0 Å². The average Bonchev–Trinajstić information content (AvgIpc) is 3.58. The lowest BCUT2D eigenvalue weighted by Gasteiger charge is -2.35. The number of hydrogen-bond acceptors (Lipinski definition) is 4. The van der Waals surface area contributed by atoms with Gasteiger partial charge < -0.3 is 25.2 Å². The predicted molar refractivity (Wildman–Crippen MR) is 121 cm³/mol. The van der Waals surface area contributed by atoms with E-state index in [2.05, 4.69) is 57.5 Å². The highest BCUT2D eigenvalue weighted by molar-refractivity contribution is 5.79. The average molecular weight is 402 g/mol. The molecule has 0 bridgehead atoms. The molecule has 1 atom stereocenters. The van der Waals surface area contributed by atoms with Crippen molar-refractivity contribution < 1.29 is 4.74 Å². The molecule has 0 amide bonds. The van der Waals surface area contributed by atoms with Crippen LogP contribution in [0.15, 0.2) is 29.3 Å². The third-order valence-electron chi connectivity index (χ3n) is 5.91. The van der Waals surface area contributed by atoms with Crippen molar-refractivity contribution in [3.63, 3.8) is 0 Å².